The summed E-state index contributed by atoms with van der Waals surface area (Å²) < 4.78 is 0. The number of rotatable bonds is 2. The van der Waals surface area contributed by atoms with Crippen molar-refractivity contribution in [2.75, 3.05) is 0 Å². The van der Waals surface area contributed by atoms with Gasteiger partial charge in [0.15, 0.2) is 0 Å². The van der Waals surface area contributed by atoms with Crippen LogP contribution in [0.25, 0.3) is 0 Å². The topological polar surface area (TPSA) is 40.5 Å². The molecule has 0 amide bonds. The molecule has 0 aromatic heterocycles. The van der Waals surface area contributed by atoms with E-state index in [0.717, 1.165) is 22.3 Å². The van der Waals surface area contributed by atoms with Crippen LogP contribution in [0.1, 0.15) is 29.2 Å². The zero-order chi connectivity index (χ0) is 11.7. The van der Waals surface area contributed by atoms with E-state index in [1.807, 2.05) is 20.8 Å². The van der Waals surface area contributed by atoms with Crippen molar-refractivity contribution in [2.45, 2.75) is 40.2 Å². The van der Waals surface area contributed by atoms with E-state index in [-0.39, 0.29) is 5.75 Å². The summed E-state index contributed by atoms with van der Waals surface area (Å²) in [6.07, 6.45) is 0.167. The predicted molar refractivity (Wildman–Crippen MR) is 62.7 cm³/mol. The molecule has 0 spiro atoms. The molecule has 2 nitrogen and oxygen atoms in total. The molecule has 0 saturated heterocycles. The van der Waals surface area contributed by atoms with Crippen LogP contribution >= 0.6 is 11.6 Å². The molecule has 3 heteroatoms. The molecule has 1 aromatic carbocycles. The fourth-order valence-corrected chi connectivity index (χ4v) is 2.02. The highest BCUT2D eigenvalue weighted by Gasteiger charge is 2.16. The third-order valence-electron chi connectivity index (χ3n) is 2.86. The minimum absolute atomic E-state index is 0.154. The Balaban J connectivity index is 3.39. The van der Waals surface area contributed by atoms with Crippen LogP contribution < -0.4 is 0 Å². The van der Waals surface area contributed by atoms with Crippen LogP contribution in [0.3, 0.4) is 0 Å². The monoisotopic (exact) mass is 228 g/mol. The predicted octanol–water partition coefficient (Wildman–Crippen LogP) is 2.89. The van der Waals surface area contributed by atoms with Crippen molar-refractivity contribution in [1.82, 2.24) is 0 Å². The van der Waals surface area contributed by atoms with Gasteiger partial charge in [0.25, 0.3) is 0 Å². The quantitative estimate of drug-likeness (QED) is 0.817. The average Bonchev–Trinajstić information content (AvgIpc) is 2.18. The molecule has 0 aliphatic rings. The first-order chi connectivity index (χ1) is 6.86. The largest absolute Gasteiger partial charge is 0.506 e. The smallest absolute Gasteiger partial charge is 0.137 e. The summed E-state index contributed by atoms with van der Waals surface area (Å²) in [5.74, 6) is 0.154. The van der Waals surface area contributed by atoms with Gasteiger partial charge in [-0.2, -0.15) is 0 Å². The second-order valence-corrected chi connectivity index (χ2v) is 4.45. The van der Waals surface area contributed by atoms with E-state index in [4.69, 9.17) is 11.6 Å². The maximum Gasteiger partial charge on any atom is 0.137 e. The molecule has 0 saturated carbocycles. The molecule has 1 aromatic rings. The summed E-state index contributed by atoms with van der Waals surface area (Å²) in [7, 11) is 0. The molecule has 0 bridgehead atoms. The van der Waals surface area contributed by atoms with Crippen molar-refractivity contribution in [2.24, 2.45) is 0 Å². The number of halogens is 1. The number of aliphatic hydroxyl groups is 1. The van der Waals surface area contributed by atoms with Crippen LogP contribution in [0.2, 0.25) is 5.02 Å². The molecule has 0 heterocycles. The van der Waals surface area contributed by atoms with Gasteiger partial charge in [-0.1, -0.05) is 11.6 Å². The van der Waals surface area contributed by atoms with Gasteiger partial charge in [-0.15, -0.1) is 0 Å². The highest BCUT2D eigenvalue weighted by atomic mass is 35.5. The third-order valence-corrected chi connectivity index (χ3v) is 3.32. The van der Waals surface area contributed by atoms with Gasteiger partial charge >= 0.3 is 0 Å². The van der Waals surface area contributed by atoms with Crippen molar-refractivity contribution in [1.29, 1.82) is 0 Å². The van der Waals surface area contributed by atoms with E-state index in [9.17, 15) is 10.2 Å². The van der Waals surface area contributed by atoms with Gasteiger partial charge < -0.3 is 10.2 Å². The molecule has 84 valence electrons. The van der Waals surface area contributed by atoms with E-state index in [1.165, 1.54) is 0 Å². The number of phenols is 1. The van der Waals surface area contributed by atoms with Gasteiger partial charge in [-0.05, 0) is 56.4 Å². The summed E-state index contributed by atoms with van der Waals surface area (Å²) in [6, 6.07) is 0. The van der Waals surface area contributed by atoms with Gasteiger partial charge in [-0.3, -0.25) is 0 Å². The Morgan fingerprint density at radius 2 is 1.67 bits per heavy atom. The van der Waals surface area contributed by atoms with E-state index in [1.54, 1.807) is 6.92 Å². The zero-order valence-corrected chi connectivity index (χ0v) is 10.3. The number of hydrogen-bond donors (Lipinski definition) is 2. The van der Waals surface area contributed by atoms with Crippen LogP contribution in [0.4, 0.5) is 0 Å². The fourth-order valence-electron chi connectivity index (χ4n) is 1.76. The lowest BCUT2D eigenvalue weighted by Gasteiger charge is -2.17. The van der Waals surface area contributed by atoms with Crippen molar-refractivity contribution in [3.8, 4) is 5.75 Å². The van der Waals surface area contributed by atoms with E-state index in [2.05, 4.69) is 0 Å². The minimum Gasteiger partial charge on any atom is -0.506 e. The van der Waals surface area contributed by atoms with Crippen LogP contribution in [0.15, 0.2) is 0 Å². The van der Waals surface area contributed by atoms with Crippen molar-refractivity contribution in [3.63, 3.8) is 0 Å². The van der Waals surface area contributed by atoms with Crippen LogP contribution in [0.5, 0.6) is 5.75 Å². The molecule has 0 fully saturated rings. The van der Waals surface area contributed by atoms with E-state index >= 15 is 0 Å². The highest BCUT2D eigenvalue weighted by Crippen LogP contribution is 2.36. The van der Waals surface area contributed by atoms with Gasteiger partial charge in [0, 0.05) is 0 Å². The van der Waals surface area contributed by atoms with Gasteiger partial charge in [0.2, 0.25) is 0 Å². The van der Waals surface area contributed by atoms with E-state index in [0.29, 0.717) is 11.4 Å². The first-order valence-electron chi connectivity index (χ1n) is 5.01. The molecule has 0 aliphatic carbocycles. The summed E-state index contributed by atoms with van der Waals surface area (Å²) in [5, 5.41) is 19.5. The average molecular weight is 229 g/mol. The van der Waals surface area contributed by atoms with Crippen LogP contribution in [-0.2, 0) is 6.42 Å². The maximum atomic E-state index is 9.73. The molecule has 15 heavy (non-hydrogen) atoms. The Kier molecular flexibility index (Phi) is 3.63. The SMILES string of the molecule is Cc1c(C)c(CC(C)O)c(C)c(Cl)c1O. The normalized spacial score (nSPS) is 12.9. The lowest BCUT2D eigenvalue weighted by atomic mass is 9.93. The first kappa shape index (κ1) is 12.3. The Hall–Kier alpha value is -0.730. The molecule has 0 radical (unpaired) electrons. The number of phenolic OH excluding ortho intramolecular Hbond substituents is 1. The summed E-state index contributed by atoms with van der Waals surface area (Å²) in [4.78, 5) is 0. The molecule has 1 rings (SSSR count). The van der Waals surface area contributed by atoms with E-state index < -0.39 is 6.10 Å². The van der Waals surface area contributed by atoms with Crippen molar-refractivity contribution < 1.29 is 10.2 Å². The number of hydrogen-bond acceptors (Lipinski definition) is 2. The fraction of sp³-hybridized carbons (Fsp3) is 0.500. The second-order valence-electron chi connectivity index (χ2n) is 4.07. The van der Waals surface area contributed by atoms with Gasteiger partial charge in [0.05, 0.1) is 11.1 Å². The Morgan fingerprint density at radius 1 is 1.13 bits per heavy atom. The number of aromatic hydroxyl groups is 1. The molecule has 1 unspecified atom stereocenters. The Morgan fingerprint density at radius 3 is 2.13 bits per heavy atom. The molecular weight excluding hydrogens is 212 g/mol. The van der Waals surface area contributed by atoms with Crippen LogP contribution in [0, 0.1) is 20.8 Å². The molecule has 1 atom stereocenters. The lowest BCUT2D eigenvalue weighted by molar-refractivity contribution is 0.195. The zero-order valence-electron chi connectivity index (χ0n) is 9.56. The lowest BCUT2D eigenvalue weighted by Crippen LogP contribution is -2.08. The van der Waals surface area contributed by atoms with Crippen molar-refractivity contribution >= 4 is 11.6 Å². The molecule has 2 N–H and O–H groups in total. The Labute approximate surface area is 95.5 Å². The standard InChI is InChI=1S/C12H17ClO2/c1-6(14)5-10-7(2)8(3)12(15)11(13)9(10)4/h6,14-15H,5H2,1-4H3. The van der Waals surface area contributed by atoms with Gasteiger partial charge in [-0.25, -0.2) is 0 Å². The highest BCUT2D eigenvalue weighted by molar-refractivity contribution is 6.33. The summed E-state index contributed by atoms with van der Waals surface area (Å²) >= 11 is 6.01. The summed E-state index contributed by atoms with van der Waals surface area (Å²) in [5.41, 5.74) is 3.69. The van der Waals surface area contributed by atoms with Gasteiger partial charge in [0.1, 0.15) is 5.75 Å². The maximum absolute atomic E-state index is 9.73. The number of aliphatic hydroxyl groups excluding tert-OH is 1. The Bertz CT molecular complexity index is 355. The first-order valence-corrected chi connectivity index (χ1v) is 5.39. The minimum atomic E-state index is -0.401. The number of benzene rings is 1. The van der Waals surface area contributed by atoms with Crippen LogP contribution in [-0.4, -0.2) is 16.3 Å². The molecular formula is C12H17ClO2. The second kappa shape index (κ2) is 4.42. The van der Waals surface area contributed by atoms with Crippen molar-refractivity contribution in [3.05, 3.63) is 27.3 Å². The third kappa shape index (κ3) is 2.27. The summed E-state index contributed by atoms with van der Waals surface area (Å²) in [6.45, 7) is 7.39. The molecule has 0 aliphatic heterocycles.